The lowest BCUT2D eigenvalue weighted by molar-refractivity contribution is -0.0934. The zero-order valence-corrected chi connectivity index (χ0v) is 16.8. The van der Waals surface area contributed by atoms with E-state index in [1.165, 1.54) is 6.33 Å². The van der Waals surface area contributed by atoms with Crippen LogP contribution in [-0.2, 0) is 14.1 Å². The van der Waals surface area contributed by atoms with E-state index in [0.717, 1.165) is 3.57 Å². The summed E-state index contributed by atoms with van der Waals surface area (Å²) in [5, 5.41) is 12.3. The third-order valence-corrected chi connectivity index (χ3v) is 5.30. The lowest BCUT2D eigenvalue weighted by Crippen LogP contribution is -2.46. The van der Waals surface area contributed by atoms with Crippen molar-refractivity contribution in [1.82, 2.24) is 14.5 Å². The Kier molecular flexibility index (Phi) is 5.16. The summed E-state index contributed by atoms with van der Waals surface area (Å²) in [5.74, 6) is 0. The third kappa shape index (κ3) is 3.44. The number of rotatable bonds is 7. The predicted molar refractivity (Wildman–Crippen MR) is 107 cm³/mol. The quantitative estimate of drug-likeness (QED) is 0.273. The van der Waals surface area contributed by atoms with Gasteiger partial charge in [-0.3, -0.25) is 0 Å². The first-order valence-electron chi connectivity index (χ1n) is 9.04. The van der Waals surface area contributed by atoms with Crippen LogP contribution in [-0.4, -0.2) is 68.5 Å². The van der Waals surface area contributed by atoms with Crippen molar-refractivity contribution in [3.8, 4) is 0 Å². The van der Waals surface area contributed by atoms with Crippen LogP contribution in [0, 0.1) is 3.57 Å². The average Bonchev–Trinajstić information content (AvgIpc) is 3.04. The zero-order valence-electron chi connectivity index (χ0n) is 15.9. The summed E-state index contributed by atoms with van der Waals surface area (Å²) in [4.78, 5) is 8.31. The van der Waals surface area contributed by atoms with Gasteiger partial charge in [-0.25, -0.2) is 9.97 Å². The molecule has 7 nitrogen and oxygen atoms in total. The summed E-state index contributed by atoms with van der Waals surface area (Å²) in [7, 11) is -0.719. The number of hydrogen-bond acceptors (Lipinski definition) is 6. The van der Waals surface area contributed by atoms with Gasteiger partial charge in [0, 0.05) is 17.6 Å². The lowest BCUT2D eigenvalue weighted by Gasteiger charge is -2.30. The van der Waals surface area contributed by atoms with E-state index in [2.05, 4.69) is 32.6 Å². The molecule has 1 fully saturated rings. The predicted octanol–water partition coefficient (Wildman–Crippen LogP) is 0.730. The molecule has 0 radical (unpaired) electrons. The maximum absolute atomic E-state index is 11.3. The van der Waals surface area contributed by atoms with E-state index < -0.39 is 31.5 Å². The molecule has 1 unspecified atom stereocenters. The first-order valence-corrected chi connectivity index (χ1v) is 9.22. The van der Waals surface area contributed by atoms with Crippen molar-refractivity contribution in [2.45, 2.75) is 37.8 Å². The molecule has 25 heavy (non-hydrogen) atoms. The molecular formula is C14H19B2ClIN3O4. The van der Waals surface area contributed by atoms with Crippen molar-refractivity contribution in [2.75, 3.05) is 13.1 Å². The van der Waals surface area contributed by atoms with Crippen LogP contribution in [0.4, 0.5) is 0 Å². The van der Waals surface area contributed by atoms with Gasteiger partial charge in [-0.15, -0.1) is 0 Å². The van der Waals surface area contributed by atoms with Crippen LogP contribution in [0.2, 0.25) is 12.0 Å². The molecule has 3 rings (SSSR count). The van der Waals surface area contributed by atoms with Gasteiger partial charge in [-0.05, 0) is 30.9 Å². The van der Waals surface area contributed by atoms with E-state index in [1.807, 2.05) is 0 Å². The molecule has 11 heteroatoms. The Labute approximate surface area is 168 Å². The molecule has 1 aliphatic rings. The SMILES string of the molecule is [2H]BCOC[C@H]1O[C@@H](n2cc(I)c3c(Cl)ncnc32)C(C)(O)[C@@H]1OB([2H])C. The molecule has 0 bridgehead atoms. The highest BCUT2D eigenvalue weighted by molar-refractivity contribution is 14.1. The topological polar surface area (TPSA) is 78.6 Å². The number of ether oxygens (including phenoxy) is 2. The highest BCUT2D eigenvalue weighted by Gasteiger charge is 2.54. The number of nitrogens with zero attached hydrogens (tertiary/aromatic N) is 3. The van der Waals surface area contributed by atoms with Crippen molar-refractivity contribution in [2.24, 2.45) is 0 Å². The first kappa shape index (κ1) is 16.8. The number of fused-ring (bicyclic) bond motifs is 1. The van der Waals surface area contributed by atoms with Crippen LogP contribution in [0.3, 0.4) is 0 Å². The van der Waals surface area contributed by atoms with Gasteiger partial charge >= 0.3 is 0 Å². The fourth-order valence-electron chi connectivity index (χ4n) is 3.12. The highest BCUT2D eigenvalue weighted by atomic mass is 127. The monoisotopic (exact) mass is 479 g/mol. The summed E-state index contributed by atoms with van der Waals surface area (Å²) in [6.07, 6.45) is 0.946. The molecule has 134 valence electrons. The molecule has 2 aromatic rings. The third-order valence-electron chi connectivity index (χ3n) is 4.20. The Morgan fingerprint density at radius 3 is 3.20 bits per heavy atom. The van der Waals surface area contributed by atoms with Gasteiger partial charge in [0.2, 0.25) is 0 Å². The van der Waals surface area contributed by atoms with Crippen molar-refractivity contribution in [3.05, 3.63) is 21.2 Å². The molecule has 1 aliphatic heterocycles. The Morgan fingerprint density at radius 1 is 1.68 bits per heavy atom. The second kappa shape index (κ2) is 7.69. The molecule has 0 saturated carbocycles. The minimum atomic E-state index is -1.45. The summed E-state index contributed by atoms with van der Waals surface area (Å²) in [6.45, 7) is 3.58. The fourth-order valence-corrected chi connectivity index (χ4v) is 4.31. The van der Waals surface area contributed by atoms with E-state index in [9.17, 15) is 5.11 Å². The van der Waals surface area contributed by atoms with Crippen LogP contribution in [0.5, 0.6) is 0 Å². The van der Waals surface area contributed by atoms with Gasteiger partial charge in [-0.2, -0.15) is 0 Å². The Morgan fingerprint density at radius 2 is 2.48 bits per heavy atom. The zero-order chi connectivity index (χ0) is 19.8. The van der Waals surface area contributed by atoms with Gasteiger partial charge in [0.25, 0.3) is 7.45 Å². The lowest BCUT2D eigenvalue weighted by atomic mass is 9.93. The van der Waals surface area contributed by atoms with Gasteiger partial charge in [-0.1, -0.05) is 18.4 Å². The number of aliphatic hydroxyl groups is 1. The van der Waals surface area contributed by atoms with Gasteiger partial charge in [0.1, 0.15) is 42.7 Å². The van der Waals surface area contributed by atoms with E-state index in [4.69, 9.17) is 28.4 Å². The smallest absolute Gasteiger partial charge is 0.272 e. The number of aromatic nitrogens is 3. The van der Waals surface area contributed by atoms with Crippen LogP contribution in [0.25, 0.3) is 11.0 Å². The fraction of sp³-hybridized carbons (Fsp3) is 0.571. The molecule has 0 spiro atoms. The highest BCUT2D eigenvalue weighted by Crippen LogP contribution is 2.42. The minimum absolute atomic E-state index is 0.128. The van der Waals surface area contributed by atoms with Crippen LogP contribution in [0.1, 0.15) is 13.2 Å². The molecule has 1 N–H and O–H groups in total. The Balaban J connectivity index is 1.99. The molecule has 1 saturated heterocycles. The first-order chi connectivity index (χ1) is 12.8. The van der Waals surface area contributed by atoms with Crippen molar-refractivity contribution in [3.63, 3.8) is 0 Å². The maximum atomic E-state index is 11.3. The summed E-state index contributed by atoms with van der Waals surface area (Å²) in [6, 6.07) is 0. The molecule has 0 aromatic carbocycles. The standard InChI is InChI=1S/C14H19B2ClIN3O4/c1-14(22)10(25-16-2)8(4-23-5-15)24-13(14)21-3-7(18)9-11(17)19-6-20-12(9)21/h3,6,8,10,13,16,22H,4-5,15H2,1-2H3/t8-,10-,13-,14?/m1/s1/i15D,16D. The summed E-state index contributed by atoms with van der Waals surface area (Å²) in [5.41, 5.74) is -0.911. The van der Waals surface area contributed by atoms with Crippen molar-refractivity contribution >= 4 is 60.5 Å². The van der Waals surface area contributed by atoms with Gasteiger partial charge < -0.3 is 23.8 Å². The number of hydrogen-bond donors (Lipinski definition) is 1. The Bertz CT molecular complexity index is 816. The van der Waals surface area contributed by atoms with Gasteiger partial charge in [0.05, 0.1) is 12.0 Å². The largest absolute Gasteiger partial charge is 0.432 e. The van der Waals surface area contributed by atoms with Gasteiger partial charge in [0.15, 0.2) is 6.23 Å². The summed E-state index contributed by atoms with van der Waals surface area (Å²) < 4.78 is 34.7. The Hall–Kier alpha value is -0.390. The second-order valence-corrected chi connectivity index (χ2v) is 7.39. The van der Waals surface area contributed by atoms with E-state index in [0.29, 0.717) is 16.2 Å². The van der Waals surface area contributed by atoms with Crippen molar-refractivity contribution in [1.29, 1.82) is 2.67 Å². The average molecular weight is 479 g/mol. The van der Waals surface area contributed by atoms with Crippen molar-refractivity contribution < 1.29 is 19.2 Å². The molecular weight excluding hydrogens is 458 g/mol. The maximum Gasteiger partial charge on any atom is 0.272 e. The minimum Gasteiger partial charge on any atom is -0.432 e. The molecule has 0 amide bonds. The normalized spacial score (nSPS) is 30.4. The van der Waals surface area contributed by atoms with E-state index in [-0.39, 0.29) is 20.9 Å². The van der Waals surface area contributed by atoms with E-state index in [1.54, 1.807) is 24.5 Å². The molecule has 2 aromatic heterocycles. The molecule has 4 atom stereocenters. The van der Waals surface area contributed by atoms with E-state index >= 15 is 0 Å². The van der Waals surface area contributed by atoms with Crippen LogP contribution < -0.4 is 0 Å². The van der Waals surface area contributed by atoms with Crippen LogP contribution in [0.15, 0.2) is 12.5 Å². The van der Waals surface area contributed by atoms with Crippen LogP contribution >= 0.6 is 34.2 Å². The summed E-state index contributed by atoms with van der Waals surface area (Å²) >= 11 is 8.34. The number of halogens is 2. The molecule has 3 heterocycles. The second-order valence-electron chi connectivity index (χ2n) is 5.87. The molecule has 0 aliphatic carbocycles.